The zero-order valence-corrected chi connectivity index (χ0v) is 6.42. The Kier molecular flexibility index (Phi) is 1.69. The van der Waals surface area contributed by atoms with Crippen LogP contribution in [-0.4, -0.2) is 11.7 Å². The van der Waals surface area contributed by atoms with Crippen LogP contribution in [0.25, 0.3) is 0 Å². The number of aliphatic hydroxyl groups excluding tert-OH is 1. The molecule has 0 radical (unpaired) electrons. The van der Waals surface area contributed by atoms with Crippen LogP contribution in [0, 0.1) is 17.8 Å². The van der Waals surface area contributed by atoms with E-state index in [9.17, 15) is 0 Å². The molecule has 2 fully saturated rings. The first kappa shape index (κ1) is 6.66. The lowest BCUT2D eigenvalue weighted by Crippen LogP contribution is -2.09. The van der Waals surface area contributed by atoms with Crippen molar-refractivity contribution in [2.45, 2.75) is 32.1 Å². The van der Waals surface area contributed by atoms with Crippen LogP contribution in [-0.2, 0) is 0 Å². The molecule has 1 nitrogen and oxygen atoms in total. The van der Waals surface area contributed by atoms with Crippen LogP contribution in [0.1, 0.15) is 32.1 Å². The average molecular weight is 140 g/mol. The van der Waals surface area contributed by atoms with Crippen LogP contribution >= 0.6 is 0 Å². The SMILES string of the molecule is OCCC1CCC2CC2C1. The van der Waals surface area contributed by atoms with E-state index in [4.69, 9.17) is 5.11 Å². The van der Waals surface area contributed by atoms with Crippen LogP contribution in [0.4, 0.5) is 0 Å². The first-order chi connectivity index (χ1) is 4.90. The first-order valence-corrected chi connectivity index (χ1v) is 4.51. The van der Waals surface area contributed by atoms with E-state index in [0.717, 1.165) is 24.2 Å². The summed E-state index contributed by atoms with van der Waals surface area (Å²) in [5.41, 5.74) is 0. The number of hydrogen-bond donors (Lipinski definition) is 1. The molecule has 0 heterocycles. The smallest absolute Gasteiger partial charge is 0.0433 e. The van der Waals surface area contributed by atoms with Gasteiger partial charge >= 0.3 is 0 Å². The number of aliphatic hydroxyl groups is 1. The van der Waals surface area contributed by atoms with Gasteiger partial charge in [0, 0.05) is 6.61 Å². The summed E-state index contributed by atoms with van der Waals surface area (Å²) < 4.78 is 0. The third kappa shape index (κ3) is 1.20. The normalized spacial score (nSPS) is 44.7. The Hall–Kier alpha value is -0.0400. The van der Waals surface area contributed by atoms with Crippen LogP contribution < -0.4 is 0 Å². The van der Waals surface area contributed by atoms with Gasteiger partial charge in [-0.15, -0.1) is 0 Å². The minimum Gasteiger partial charge on any atom is -0.396 e. The second kappa shape index (κ2) is 2.54. The van der Waals surface area contributed by atoms with Gasteiger partial charge in [0.15, 0.2) is 0 Å². The third-order valence-corrected chi connectivity index (χ3v) is 3.19. The van der Waals surface area contributed by atoms with Gasteiger partial charge in [-0.2, -0.15) is 0 Å². The predicted octanol–water partition coefficient (Wildman–Crippen LogP) is 1.80. The Morgan fingerprint density at radius 3 is 2.70 bits per heavy atom. The molecule has 1 heteroatoms. The molecule has 58 valence electrons. The Morgan fingerprint density at radius 1 is 1.10 bits per heavy atom. The van der Waals surface area contributed by atoms with Gasteiger partial charge in [0.25, 0.3) is 0 Å². The van der Waals surface area contributed by atoms with Crippen molar-refractivity contribution in [1.82, 2.24) is 0 Å². The molecule has 0 spiro atoms. The average Bonchev–Trinajstić information content (AvgIpc) is 2.66. The molecular formula is C9H16O. The lowest BCUT2D eigenvalue weighted by molar-refractivity contribution is 0.226. The van der Waals surface area contributed by atoms with Gasteiger partial charge < -0.3 is 5.11 Å². The Balaban J connectivity index is 1.77. The summed E-state index contributed by atoms with van der Waals surface area (Å²) in [4.78, 5) is 0. The summed E-state index contributed by atoms with van der Waals surface area (Å²) in [6.45, 7) is 0.405. The molecule has 0 saturated heterocycles. The second-order valence-corrected chi connectivity index (χ2v) is 3.95. The summed E-state index contributed by atoms with van der Waals surface area (Å²) >= 11 is 0. The van der Waals surface area contributed by atoms with Crippen molar-refractivity contribution in [2.24, 2.45) is 17.8 Å². The predicted molar refractivity (Wildman–Crippen MR) is 40.6 cm³/mol. The molecular weight excluding hydrogens is 124 g/mol. The van der Waals surface area contributed by atoms with Crippen LogP contribution in [0.15, 0.2) is 0 Å². The van der Waals surface area contributed by atoms with Crippen molar-refractivity contribution in [3.05, 3.63) is 0 Å². The molecule has 2 saturated carbocycles. The summed E-state index contributed by atoms with van der Waals surface area (Å²) in [6.07, 6.45) is 6.83. The van der Waals surface area contributed by atoms with E-state index >= 15 is 0 Å². The van der Waals surface area contributed by atoms with E-state index in [0.29, 0.717) is 6.61 Å². The highest BCUT2D eigenvalue weighted by molar-refractivity contribution is 4.92. The molecule has 2 aliphatic carbocycles. The molecule has 2 aliphatic rings. The minimum absolute atomic E-state index is 0.405. The molecule has 0 aromatic rings. The molecule has 1 N–H and O–H groups in total. The molecule has 0 amide bonds. The zero-order chi connectivity index (χ0) is 6.97. The maximum atomic E-state index is 8.72. The zero-order valence-electron chi connectivity index (χ0n) is 6.42. The van der Waals surface area contributed by atoms with Crippen molar-refractivity contribution in [1.29, 1.82) is 0 Å². The van der Waals surface area contributed by atoms with E-state index in [2.05, 4.69) is 0 Å². The summed E-state index contributed by atoms with van der Waals surface area (Å²) in [7, 11) is 0. The Bertz CT molecular complexity index is 122. The molecule has 0 aliphatic heterocycles. The van der Waals surface area contributed by atoms with E-state index in [1.54, 1.807) is 0 Å². The lowest BCUT2D eigenvalue weighted by Gasteiger charge is -2.19. The van der Waals surface area contributed by atoms with Gasteiger partial charge in [-0.25, -0.2) is 0 Å². The minimum atomic E-state index is 0.405. The van der Waals surface area contributed by atoms with Gasteiger partial charge in [0.2, 0.25) is 0 Å². The van der Waals surface area contributed by atoms with Crippen LogP contribution in [0.2, 0.25) is 0 Å². The molecule has 0 bridgehead atoms. The maximum Gasteiger partial charge on any atom is 0.0433 e. The molecule has 0 aromatic heterocycles. The second-order valence-electron chi connectivity index (χ2n) is 3.95. The first-order valence-electron chi connectivity index (χ1n) is 4.51. The standard InChI is InChI=1S/C9H16O/c10-4-3-7-1-2-8-6-9(8)5-7/h7-10H,1-6H2. The van der Waals surface area contributed by atoms with E-state index < -0.39 is 0 Å². The highest BCUT2D eigenvalue weighted by Crippen LogP contribution is 2.51. The Labute approximate surface area is 62.4 Å². The topological polar surface area (TPSA) is 20.2 Å². The fourth-order valence-corrected chi connectivity index (χ4v) is 2.39. The van der Waals surface area contributed by atoms with Crippen LogP contribution in [0.3, 0.4) is 0 Å². The third-order valence-electron chi connectivity index (χ3n) is 3.19. The number of rotatable bonds is 2. The summed E-state index contributed by atoms with van der Waals surface area (Å²) in [5.74, 6) is 3.05. The van der Waals surface area contributed by atoms with Gasteiger partial charge in [-0.05, 0) is 43.4 Å². The summed E-state index contributed by atoms with van der Waals surface area (Å²) in [6, 6.07) is 0. The van der Waals surface area contributed by atoms with Crippen molar-refractivity contribution in [2.75, 3.05) is 6.61 Å². The molecule has 0 aromatic carbocycles. The fraction of sp³-hybridized carbons (Fsp3) is 1.00. The van der Waals surface area contributed by atoms with E-state index in [1.165, 1.54) is 25.7 Å². The van der Waals surface area contributed by atoms with E-state index in [1.807, 2.05) is 0 Å². The van der Waals surface area contributed by atoms with Gasteiger partial charge in [-0.3, -0.25) is 0 Å². The monoisotopic (exact) mass is 140 g/mol. The highest BCUT2D eigenvalue weighted by Gasteiger charge is 2.41. The number of hydrogen-bond acceptors (Lipinski definition) is 1. The Morgan fingerprint density at radius 2 is 2.00 bits per heavy atom. The number of fused-ring (bicyclic) bond motifs is 1. The quantitative estimate of drug-likeness (QED) is 0.620. The summed E-state index contributed by atoms with van der Waals surface area (Å²) in [5, 5.41) is 8.72. The molecule has 3 atom stereocenters. The van der Waals surface area contributed by atoms with Crippen molar-refractivity contribution < 1.29 is 5.11 Å². The van der Waals surface area contributed by atoms with Gasteiger partial charge in [0.1, 0.15) is 0 Å². The fourth-order valence-electron chi connectivity index (χ4n) is 2.39. The lowest BCUT2D eigenvalue weighted by atomic mass is 9.87. The molecule has 10 heavy (non-hydrogen) atoms. The van der Waals surface area contributed by atoms with Crippen molar-refractivity contribution in [3.8, 4) is 0 Å². The highest BCUT2D eigenvalue weighted by atomic mass is 16.3. The van der Waals surface area contributed by atoms with E-state index in [-0.39, 0.29) is 0 Å². The van der Waals surface area contributed by atoms with Gasteiger partial charge in [0.05, 0.1) is 0 Å². The maximum absolute atomic E-state index is 8.72. The van der Waals surface area contributed by atoms with Gasteiger partial charge in [-0.1, -0.05) is 6.42 Å². The van der Waals surface area contributed by atoms with Crippen LogP contribution in [0.5, 0.6) is 0 Å². The molecule has 3 unspecified atom stereocenters. The van der Waals surface area contributed by atoms with Crippen molar-refractivity contribution in [3.63, 3.8) is 0 Å². The largest absolute Gasteiger partial charge is 0.396 e. The molecule has 2 rings (SSSR count). The van der Waals surface area contributed by atoms with Crippen molar-refractivity contribution >= 4 is 0 Å².